The van der Waals surface area contributed by atoms with E-state index in [0.29, 0.717) is 0 Å². The summed E-state index contributed by atoms with van der Waals surface area (Å²) >= 11 is 0. The van der Waals surface area contributed by atoms with Gasteiger partial charge in [0.1, 0.15) is 0 Å². The summed E-state index contributed by atoms with van der Waals surface area (Å²) in [4.78, 5) is 2.54. The summed E-state index contributed by atoms with van der Waals surface area (Å²) in [6, 6.07) is 6.63. The van der Waals surface area contributed by atoms with E-state index < -0.39 is 0 Å². The number of ether oxygens (including phenoxy) is 1. The van der Waals surface area contributed by atoms with Crippen molar-refractivity contribution < 1.29 is 4.74 Å². The second kappa shape index (κ2) is 15.7. The Bertz CT molecular complexity index is 503. The molecule has 28 heavy (non-hydrogen) atoms. The van der Waals surface area contributed by atoms with E-state index in [0.717, 1.165) is 44.3 Å². The molecule has 2 N–H and O–H groups in total. The second-order valence-corrected chi connectivity index (χ2v) is 8.17. The summed E-state index contributed by atoms with van der Waals surface area (Å²) in [6.45, 7) is 12.9. The Kier molecular flexibility index (Phi) is 13.9. The van der Waals surface area contributed by atoms with Gasteiger partial charge in [0.05, 0.1) is 6.61 Å². The number of hydrogen-bond donors (Lipinski definition) is 1. The summed E-state index contributed by atoms with van der Waals surface area (Å²) in [5.41, 5.74) is 9.80. The van der Waals surface area contributed by atoms with Crippen LogP contribution in [0.5, 0.6) is 0 Å². The molecule has 3 nitrogen and oxygen atoms in total. The number of unbranched alkanes of at least 4 members (excludes halogenated alkanes) is 4. The lowest BCUT2D eigenvalue weighted by molar-refractivity contribution is 0.135. The van der Waals surface area contributed by atoms with Crippen LogP contribution in [0.25, 0.3) is 0 Å². The fourth-order valence-electron chi connectivity index (χ4n) is 3.66. The minimum absolute atomic E-state index is 0.747. The van der Waals surface area contributed by atoms with Gasteiger partial charge in [0.15, 0.2) is 0 Å². The van der Waals surface area contributed by atoms with Crippen LogP contribution in [0.15, 0.2) is 18.2 Å². The van der Waals surface area contributed by atoms with E-state index in [2.05, 4.69) is 50.8 Å². The summed E-state index contributed by atoms with van der Waals surface area (Å²) in [6.07, 6.45) is 12.3. The third-order valence-electron chi connectivity index (χ3n) is 5.71. The summed E-state index contributed by atoms with van der Waals surface area (Å²) in [7, 11) is 0. The summed E-state index contributed by atoms with van der Waals surface area (Å²) in [5.74, 6) is 0.747. The van der Waals surface area contributed by atoms with E-state index in [9.17, 15) is 0 Å². The zero-order valence-electron chi connectivity index (χ0n) is 19.1. The van der Waals surface area contributed by atoms with Gasteiger partial charge in [0.2, 0.25) is 0 Å². The minimum atomic E-state index is 0.747. The Hall–Kier alpha value is -1.22. The molecule has 0 saturated carbocycles. The van der Waals surface area contributed by atoms with Crippen molar-refractivity contribution >= 4 is 11.4 Å². The van der Waals surface area contributed by atoms with Gasteiger partial charge in [-0.3, -0.25) is 0 Å². The van der Waals surface area contributed by atoms with Gasteiger partial charge in [-0.15, -0.1) is 0 Å². The molecule has 0 saturated heterocycles. The molecule has 1 unspecified atom stereocenters. The van der Waals surface area contributed by atoms with Gasteiger partial charge in [-0.1, -0.05) is 66.2 Å². The smallest absolute Gasteiger partial charge is 0.0641 e. The van der Waals surface area contributed by atoms with Crippen molar-refractivity contribution in [3.8, 4) is 0 Å². The molecule has 0 radical (unpaired) electrons. The molecule has 3 heteroatoms. The highest BCUT2D eigenvalue weighted by molar-refractivity contribution is 5.58. The maximum atomic E-state index is 6.25. The van der Waals surface area contributed by atoms with E-state index >= 15 is 0 Å². The second-order valence-electron chi connectivity index (χ2n) is 8.17. The highest BCUT2D eigenvalue weighted by atomic mass is 16.5. The number of hydrogen-bond acceptors (Lipinski definition) is 3. The lowest BCUT2D eigenvalue weighted by atomic mass is 9.98. The zero-order valence-corrected chi connectivity index (χ0v) is 19.1. The molecule has 0 aliphatic carbocycles. The molecule has 0 aliphatic heterocycles. The van der Waals surface area contributed by atoms with Gasteiger partial charge in [0, 0.05) is 31.1 Å². The normalized spacial score (nSPS) is 12.3. The maximum Gasteiger partial charge on any atom is 0.0641 e. The Morgan fingerprint density at radius 1 is 0.929 bits per heavy atom. The fraction of sp³-hybridized carbons (Fsp3) is 0.760. The zero-order chi connectivity index (χ0) is 20.6. The van der Waals surface area contributed by atoms with Crippen LogP contribution in [0.3, 0.4) is 0 Å². The highest BCUT2D eigenvalue weighted by Crippen LogP contribution is 2.25. The van der Waals surface area contributed by atoms with Crippen molar-refractivity contribution in [1.82, 2.24) is 0 Å². The molecule has 1 atom stereocenters. The van der Waals surface area contributed by atoms with Crippen LogP contribution in [-0.2, 0) is 11.2 Å². The predicted octanol–water partition coefficient (Wildman–Crippen LogP) is 6.84. The molecular weight excluding hydrogens is 344 g/mol. The Morgan fingerprint density at radius 2 is 1.68 bits per heavy atom. The first-order chi connectivity index (χ1) is 13.7. The monoisotopic (exact) mass is 390 g/mol. The van der Waals surface area contributed by atoms with E-state index in [1.807, 2.05) is 0 Å². The lowest BCUT2D eigenvalue weighted by Gasteiger charge is -2.30. The molecule has 162 valence electrons. The number of aryl methyl sites for hydroxylation is 1. The fourth-order valence-corrected chi connectivity index (χ4v) is 3.66. The summed E-state index contributed by atoms with van der Waals surface area (Å²) in [5, 5.41) is 0. The molecule has 1 aromatic carbocycles. The van der Waals surface area contributed by atoms with Gasteiger partial charge in [0.25, 0.3) is 0 Å². The first-order valence-corrected chi connectivity index (χ1v) is 11.9. The molecule has 0 bridgehead atoms. The van der Waals surface area contributed by atoms with Crippen molar-refractivity contribution in [2.24, 2.45) is 5.92 Å². The molecule has 0 spiro atoms. The van der Waals surface area contributed by atoms with Crippen molar-refractivity contribution in [2.45, 2.75) is 91.9 Å². The SMILES string of the molecule is CCCCCOCCN(CC(CC)CCCC)c1ccc(N)c(CCCC)c1. The average molecular weight is 391 g/mol. The third kappa shape index (κ3) is 9.82. The Labute approximate surface area is 175 Å². The van der Waals surface area contributed by atoms with Crippen molar-refractivity contribution in [2.75, 3.05) is 36.9 Å². The number of benzene rings is 1. The number of anilines is 2. The third-order valence-corrected chi connectivity index (χ3v) is 5.71. The molecular formula is C25H46N2O. The lowest BCUT2D eigenvalue weighted by Crippen LogP contribution is -2.33. The molecule has 0 aliphatic rings. The van der Waals surface area contributed by atoms with E-state index in [4.69, 9.17) is 10.5 Å². The average Bonchev–Trinajstić information content (AvgIpc) is 2.71. The maximum absolute atomic E-state index is 6.25. The molecule has 1 rings (SSSR count). The van der Waals surface area contributed by atoms with Crippen LogP contribution >= 0.6 is 0 Å². The molecule has 0 fully saturated rings. The topological polar surface area (TPSA) is 38.5 Å². The Balaban J connectivity index is 2.80. The largest absolute Gasteiger partial charge is 0.399 e. The molecule has 1 aromatic rings. The predicted molar refractivity (Wildman–Crippen MR) is 125 cm³/mol. The molecule has 0 aromatic heterocycles. The minimum Gasteiger partial charge on any atom is -0.399 e. The number of nitrogens with zero attached hydrogens (tertiary/aromatic N) is 1. The van der Waals surface area contributed by atoms with Gasteiger partial charge in [-0.2, -0.15) is 0 Å². The van der Waals surface area contributed by atoms with Crippen LogP contribution in [0, 0.1) is 5.92 Å². The van der Waals surface area contributed by atoms with E-state index in [1.165, 1.54) is 69.0 Å². The first-order valence-electron chi connectivity index (χ1n) is 11.9. The van der Waals surface area contributed by atoms with Crippen LogP contribution in [0.4, 0.5) is 11.4 Å². The van der Waals surface area contributed by atoms with E-state index in [-0.39, 0.29) is 0 Å². The van der Waals surface area contributed by atoms with Crippen molar-refractivity contribution in [3.05, 3.63) is 23.8 Å². The van der Waals surface area contributed by atoms with Crippen LogP contribution < -0.4 is 10.6 Å². The highest BCUT2D eigenvalue weighted by Gasteiger charge is 2.15. The first kappa shape index (κ1) is 24.8. The molecule has 0 amide bonds. The number of rotatable bonds is 17. The Morgan fingerprint density at radius 3 is 2.36 bits per heavy atom. The van der Waals surface area contributed by atoms with Gasteiger partial charge in [-0.25, -0.2) is 0 Å². The van der Waals surface area contributed by atoms with Gasteiger partial charge >= 0.3 is 0 Å². The molecule has 0 heterocycles. The number of nitrogens with two attached hydrogens (primary N) is 1. The van der Waals surface area contributed by atoms with Crippen LogP contribution in [0.1, 0.15) is 91.0 Å². The van der Waals surface area contributed by atoms with Crippen molar-refractivity contribution in [1.29, 1.82) is 0 Å². The van der Waals surface area contributed by atoms with E-state index in [1.54, 1.807) is 0 Å². The standard InChI is InChI=1S/C25H46N2O/c1-5-9-12-18-28-19-17-27(21-22(8-4)13-10-6-2)24-15-16-25(26)23(20-24)14-11-7-3/h15-16,20,22H,5-14,17-19,21,26H2,1-4H3. The van der Waals surface area contributed by atoms with Crippen molar-refractivity contribution in [3.63, 3.8) is 0 Å². The van der Waals surface area contributed by atoms with Gasteiger partial charge < -0.3 is 15.4 Å². The summed E-state index contributed by atoms with van der Waals surface area (Å²) < 4.78 is 5.94. The quantitative estimate of drug-likeness (QED) is 0.234. The van der Waals surface area contributed by atoms with Crippen LogP contribution in [-0.4, -0.2) is 26.3 Å². The van der Waals surface area contributed by atoms with Crippen LogP contribution in [0.2, 0.25) is 0 Å². The van der Waals surface area contributed by atoms with Gasteiger partial charge in [-0.05, 0) is 55.4 Å². The number of nitrogen functional groups attached to an aromatic ring is 1.